The molecule has 1 heterocycles. The van der Waals surface area contributed by atoms with Crippen LogP contribution in [0.5, 0.6) is 0 Å². The molecule has 0 amide bonds. The molecule has 0 aromatic carbocycles. The van der Waals surface area contributed by atoms with Gasteiger partial charge in [-0.2, -0.15) is 0 Å². The van der Waals surface area contributed by atoms with E-state index in [1.165, 1.54) is 7.11 Å². The van der Waals surface area contributed by atoms with Gasteiger partial charge in [-0.15, -0.1) is 0 Å². The van der Waals surface area contributed by atoms with Gasteiger partial charge in [-0.25, -0.2) is 0 Å². The van der Waals surface area contributed by atoms with Crippen molar-refractivity contribution in [2.75, 3.05) is 14.2 Å². The van der Waals surface area contributed by atoms with Crippen LogP contribution < -0.4 is 0 Å². The van der Waals surface area contributed by atoms with Crippen LogP contribution in [0.2, 0.25) is 0 Å². The lowest BCUT2D eigenvalue weighted by Crippen LogP contribution is -2.49. The van der Waals surface area contributed by atoms with Crippen molar-refractivity contribution in [3.63, 3.8) is 0 Å². The molecule has 4 nitrogen and oxygen atoms in total. The highest BCUT2D eigenvalue weighted by Gasteiger charge is 2.36. The van der Waals surface area contributed by atoms with Crippen molar-refractivity contribution in [2.45, 2.75) is 37.9 Å². The van der Waals surface area contributed by atoms with Gasteiger partial charge in [0.1, 0.15) is 6.10 Å². The van der Waals surface area contributed by atoms with Crippen molar-refractivity contribution in [3.05, 3.63) is 0 Å². The lowest BCUT2D eigenvalue weighted by Gasteiger charge is -2.36. The standard InChI is InChI=1S/C8H16O4/c1-5-4-6(10-2)7(9)8(11-3)12-5/h5-9H,4H2,1-3H3/t5-,6+,7+,8-/m0/s1. The van der Waals surface area contributed by atoms with E-state index in [-0.39, 0.29) is 12.2 Å². The molecule has 4 heteroatoms. The first-order valence-corrected chi connectivity index (χ1v) is 4.08. The van der Waals surface area contributed by atoms with Crippen LogP contribution in [0, 0.1) is 0 Å². The predicted molar refractivity (Wildman–Crippen MR) is 42.8 cm³/mol. The van der Waals surface area contributed by atoms with Gasteiger partial charge >= 0.3 is 0 Å². The van der Waals surface area contributed by atoms with E-state index in [1.54, 1.807) is 7.11 Å². The van der Waals surface area contributed by atoms with Crippen molar-refractivity contribution < 1.29 is 19.3 Å². The third-order valence-corrected chi connectivity index (χ3v) is 2.13. The summed E-state index contributed by atoms with van der Waals surface area (Å²) in [4.78, 5) is 0. The topological polar surface area (TPSA) is 47.9 Å². The highest BCUT2D eigenvalue weighted by molar-refractivity contribution is 4.80. The van der Waals surface area contributed by atoms with Crippen LogP contribution in [-0.2, 0) is 14.2 Å². The summed E-state index contributed by atoms with van der Waals surface area (Å²) < 4.78 is 15.4. The van der Waals surface area contributed by atoms with E-state index in [9.17, 15) is 5.11 Å². The molecule has 0 aromatic heterocycles. The van der Waals surface area contributed by atoms with Crippen molar-refractivity contribution >= 4 is 0 Å². The van der Waals surface area contributed by atoms with Gasteiger partial charge in [0.25, 0.3) is 0 Å². The monoisotopic (exact) mass is 176 g/mol. The molecular weight excluding hydrogens is 160 g/mol. The lowest BCUT2D eigenvalue weighted by molar-refractivity contribution is -0.258. The van der Waals surface area contributed by atoms with Crippen molar-refractivity contribution in [3.8, 4) is 0 Å². The largest absolute Gasteiger partial charge is 0.385 e. The van der Waals surface area contributed by atoms with Crippen molar-refractivity contribution in [1.82, 2.24) is 0 Å². The van der Waals surface area contributed by atoms with Gasteiger partial charge in [0.05, 0.1) is 12.2 Å². The van der Waals surface area contributed by atoms with Gasteiger partial charge in [-0.05, 0) is 6.92 Å². The molecule has 0 saturated carbocycles. The third kappa shape index (κ3) is 1.95. The van der Waals surface area contributed by atoms with Gasteiger partial charge in [0, 0.05) is 20.6 Å². The Labute approximate surface area is 72.4 Å². The molecule has 1 aliphatic heterocycles. The van der Waals surface area contributed by atoms with Crippen LogP contribution >= 0.6 is 0 Å². The summed E-state index contributed by atoms with van der Waals surface area (Å²) in [6, 6.07) is 0. The van der Waals surface area contributed by atoms with E-state index in [0.717, 1.165) is 0 Å². The maximum Gasteiger partial charge on any atom is 0.185 e. The maximum atomic E-state index is 9.57. The molecule has 0 bridgehead atoms. The summed E-state index contributed by atoms with van der Waals surface area (Å²) in [5.74, 6) is 0. The van der Waals surface area contributed by atoms with Gasteiger partial charge < -0.3 is 19.3 Å². The highest BCUT2D eigenvalue weighted by Crippen LogP contribution is 2.22. The molecular formula is C8H16O4. The minimum atomic E-state index is -0.684. The zero-order valence-corrected chi connectivity index (χ0v) is 7.69. The molecule has 72 valence electrons. The number of ether oxygens (including phenoxy) is 3. The van der Waals surface area contributed by atoms with Gasteiger partial charge in [-0.1, -0.05) is 0 Å². The zero-order chi connectivity index (χ0) is 9.14. The number of hydrogen-bond acceptors (Lipinski definition) is 4. The second kappa shape index (κ2) is 4.18. The van der Waals surface area contributed by atoms with Gasteiger partial charge in [0.2, 0.25) is 0 Å². The van der Waals surface area contributed by atoms with E-state index in [0.29, 0.717) is 6.42 Å². The van der Waals surface area contributed by atoms with Crippen LogP contribution in [0.1, 0.15) is 13.3 Å². The Kier molecular flexibility index (Phi) is 3.46. The third-order valence-electron chi connectivity index (χ3n) is 2.13. The van der Waals surface area contributed by atoms with Crippen molar-refractivity contribution in [1.29, 1.82) is 0 Å². The molecule has 0 aliphatic carbocycles. The van der Waals surface area contributed by atoms with E-state index >= 15 is 0 Å². The van der Waals surface area contributed by atoms with Gasteiger partial charge in [0.15, 0.2) is 6.29 Å². The molecule has 0 unspecified atom stereocenters. The van der Waals surface area contributed by atoms with E-state index < -0.39 is 12.4 Å². The molecule has 1 aliphatic rings. The van der Waals surface area contributed by atoms with Crippen LogP contribution in [0.4, 0.5) is 0 Å². The molecule has 0 spiro atoms. The first kappa shape index (κ1) is 9.92. The quantitative estimate of drug-likeness (QED) is 0.650. The Morgan fingerprint density at radius 1 is 1.33 bits per heavy atom. The van der Waals surface area contributed by atoms with Crippen LogP contribution in [-0.4, -0.2) is 43.9 Å². The number of aliphatic hydroxyl groups is 1. The van der Waals surface area contributed by atoms with Crippen LogP contribution in [0.25, 0.3) is 0 Å². The Hall–Kier alpha value is -0.160. The summed E-state index contributed by atoms with van der Waals surface area (Å²) in [6.07, 6.45) is -0.644. The summed E-state index contributed by atoms with van der Waals surface area (Å²) in [7, 11) is 3.09. The molecule has 1 N–H and O–H groups in total. The normalized spacial score (nSPS) is 43.0. The second-order valence-electron chi connectivity index (χ2n) is 3.05. The minimum absolute atomic E-state index is 0.0725. The summed E-state index contributed by atoms with van der Waals surface area (Å²) in [6.45, 7) is 1.93. The average molecular weight is 176 g/mol. The fourth-order valence-electron chi connectivity index (χ4n) is 1.44. The molecule has 0 radical (unpaired) electrons. The highest BCUT2D eigenvalue weighted by atomic mass is 16.7. The van der Waals surface area contributed by atoms with Gasteiger partial charge in [-0.3, -0.25) is 0 Å². The fraction of sp³-hybridized carbons (Fsp3) is 1.00. The predicted octanol–water partition coefficient (Wildman–Crippen LogP) is 0.144. The molecule has 12 heavy (non-hydrogen) atoms. The second-order valence-corrected chi connectivity index (χ2v) is 3.05. The fourth-order valence-corrected chi connectivity index (χ4v) is 1.44. The Morgan fingerprint density at radius 3 is 2.50 bits per heavy atom. The summed E-state index contributed by atoms with van der Waals surface area (Å²) in [5, 5.41) is 9.57. The number of aliphatic hydroxyl groups excluding tert-OH is 1. The first-order valence-electron chi connectivity index (χ1n) is 4.08. The van der Waals surface area contributed by atoms with Crippen LogP contribution in [0.3, 0.4) is 0 Å². The average Bonchev–Trinajstić information content (AvgIpc) is 2.08. The van der Waals surface area contributed by atoms with E-state index in [1.807, 2.05) is 6.92 Å². The Morgan fingerprint density at radius 2 is 2.00 bits per heavy atom. The zero-order valence-electron chi connectivity index (χ0n) is 7.69. The summed E-state index contributed by atoms with van der Waals surface area (Å²) in [5.41, 5.74) is 0. The lowest BCUT2D eigenvalue weighted by atomic mass is 10.0. The molecule has 1 saturated heterocycles. The number of hydrogen-bond donors (Lipinski definition) is 1. The van der Waals surface area contributed by atoms with Crippen LogP contribution in [0.15, 0.2) is 0 Å². The SMILES string of the molecule is CO[C@H]1O[C@@H](C)C[C@@H](OC)[C@H]1O. The maximum absolute atomic E-state index is 9.57. The molecule has 4 atom stereocenters. The molecule has 0 aromatic rings. The number of methoxy groups -OCH3 is 2. The molecule has 1 rings (SSSR count). The Bertz CT molecular complexity index is 125. The van der Waals surface area contributed by atoms with E-state index in [4.69, 9.17) is 14.2 Å². The minimum Gasteiger partial charge on any atom is -0.385 e. The number of rotatable bonds is 2. The summed E-state index contributed by atoms with van der Waals surface area (Å²) >= 11 is 0. The Balaban J connectivity index is 2.55. The smallest absolute Gasteiger partial charge is 0.185 e. The van der Waals surface area contributed by atoms with E-state index in [2.05, 4.69) is 0 Å². The van der Waals surface area contributed by atoms with Crippen molar-refractivity contribution in [2.24, 2.45) is 0 Å². The molecule has 1 fully saturated rings. The first-order chi connectivity index (χ1) is 5.69.